The van der Waals surface area contributed by atoms with Crippen LogP contribution in [-0.2, 0) is 9.53 Å². The molecular formula is C21H43ClN6O2. The number of ether oxygens (including phenoxy) is 1. The number of halogens is 1. The molecule has 0 aromatic rings. The molecule has 0 aromatic heterocycles. The molecule has 0 aliphatic rings. The summed E-state index contributed by atoms with van der Waals surface area (Å²) in [5.74, 6) is 0.846. The lowest BCUT2D eigenvalue weighted by Gasteiger charge is -2.22. The Labute approximate surface area is 188 Å². The summed E-state index contributed by atoms with van der Waals surface area (Å²) in [5, 5.41) is 0. The summed E-state index contributed by atoms with van der Waals surface area (Å²) >= 11 is 0. The molecule has 1 atom stereocenters. The first-order valence-corrected chi connectivity index (χ1v) is 10.0. The van der Waals surface area contributed by atoms with Crippen LogP contribution in [0.15, 0.2) is 35.3 Å². The molecule has 8 nitrogen and oxygen atoms in total. The number of hydrogen-bond donors (Lipinski definition) is 4. The zero-order chi connectivity index (χ0) is 22.7. The van der Waals surface area contributed by atoms with Crippen molar-refractivity contribution in [1.29, 1.82) is 0 Å². The van der Waals surface area contributed by atoms with E-state index in [1.807, 2.05) is 20.8 Å². The van der Waals surface area contributed by atoms with Crippen LogP contribution in [0.2, 0.25) is 0 Å². The number of unbranched alkanes of at least 4 members (excludes halogenated alkanes) is 1. The summed E-state index contributed by atoms with van der Waals surface area (Å²) in [6.07, 6.45) is 8.00. The molecule has 0 spiro atoms. The van der Waals surface area contributed by atoms with Gasteiger partial charge in [-0.25, -0.2) is 0 Å². The minimum Gasteiger partial charge on any atom is -0.459 e. The Kier molecular flexibility index (Phi) is 22.2. The average Bonchev–Trinajstić information content (AvgIpc) is 2.62. The first-order chi connectivity index (χ1) is 13.6. The number of aliphatic imine (C=N–C) groups is 2. The van der Waals surface area contributed by atoms with E-state index in [0.717, 1.165) is 25.9 Å². The average molecular weight is 447 g/mol. The molecule has 176 valence electrons. The number of nitrogens with zero attached hydrogens (tertiary/aromatic N) is 2. The minimum atomic E-state index is -0.597. The highest BCUT2D eigenvalue weighted by Crippen LogP contribution is 2.09. The second-order valence-electron chi connectivity index (χ2n) is 7.51. The van der Waals surface area contributed by atoms with E-state index in [1.165, 1.54) is 0 Å². The zero-order valence-corrected chi connectivity index (χ0v) is 19.8. The highest BCUT2D eigenvalue weighted by atomic mass is 35.5. The van der Waals surface area contributed by atoms with Crippen molar-refractivity contribution in [2.75, 3.05) is 19.6 Å². The van der Waals surface area contributed by atoms with E-state index in [0.29, 0.717) is 43.9 Å². The molecule has 9 heteroatoms. The van der Waals surface area contributed by atoms with E-state index in [-0.39, 0.29) is 18.4 Å². The van der Waals surface area contributed by atoms with Gasteiger partial charge in [-0.15, -0.1) is 25.6 Å². The fourth-order valence-corrected chi connectivity index (χ4v) is 1.93. The van der Waals surface area contributed by atoms with E-state index in [2.05, 4.69) is 23.1 Å². The molecule has 0 bridgehead atoms. The van der Waals surface area contributed by atoms with Crippen LogP contribution < -0.4 is 22.9 Å². The van der Waals surface area contributed by atoms with Crippen LogP contribution in [-0.4, -0.2) is 48.9 Å². The van der Waals surface area contributed by atoms with E-state index in [1.54, 1.807) is 12.2 Å². The monoisotopic (exact) mass is 446 g/mol. The van der Waals surface area contributed by atoms with Crippen molar-refractivity contribution in [3.8, 4) is 0 Å². The standard InChI is InChI=1S/C13H25N3O2.C8H17N3.ClH/c1-5-7-11(15)16-9-6-8-10(14)12(17)18-13(2,3)4;1-2-5-8(10)11-7-4-3-6-9;/h5,10H,1,6-9,14H2,2-4H3,(H2,15,16);2H,1,3-7,9H2,(H2,10,11);1H. The normalized spacial score (nSPS) is 12.7. The summed E-state index contributed by atoms with van der Waals surface area (Å²) in [5.41, 5.74) is 21.7. The summed E-state index contributed by atoms with van der Waals surface area (Å²) in [7, 11) is 0. The predicted octanol–water partition coefficient (Wildman–Crippen LogP) is 2.45. The lowest BCUT2D eigenvalue weighted by atomic mass is 10.1. The second kappa shape index (κ2) is 20.4. The van der Waals surface area contributed by atoms with Gasteiger partial charge in [-0.2, -0.15) is 0 Å². The SMILES string of the molecule is C=CCC(N)=NCCCC(N)C(=O)OC(C)(C)C.C=CCC(N)=NCCCCN.Cl. The van der Waals surface area contributed by atoms with Gasteiger partial charge in [0.05, 0.1) is 11.7 Å². The third kappa shape index (κ3) is 24.1. The number of hydrogen-bond acceptors (Lipinski definition) is 6. The highest BCUT2D eigenvalue weighted by molar-refractivity contribution is 5.85. The molecule has 0 aliphatic carbocycles. The molecule has 1 unspecified atom stereocenters. The van der Waals surface area contributed by atoms with Gasteiger partial charge in [0.1, 0.15) is 11.6 Å². The van der Waals surface area contributed by atoms with E-state index >= 15 is 0 Å². The van der Waals surface area contributed by atoms with Crippen molar-refractivity contribution in [2.24, 2.45) is 32.9 Å². The molecule has 0 radical (unpaired) electrons. The predicted molar refractivity (Wildman–Crippen MR) is 131 cm³/mol. The maximum atomic E-state index is 11.6. The summed E-state index contributed by atoms with van der Waals surface area (Å²) in [4.78, 5) is 19.8. The summed E-state index contributed by atoms with van der Waals surface area (Å²) in [6, 6.07) is -0.597. The lowest BCUT2D eigenvalue weighted by molar-refractivity contribution is -0.156. The number of carbonyl (C=O) groups excluding carboxylic acids is 1. The van der Waals surface area contributed by atoms with Crippen molar-refractivity contribution in [3.63, 3.8) is 0 Å². The van der Waals surface area contributed by atoms with Crippen LogP contribution in [0, 0.1) is 0 Å². The van der Waals surface area contributed by atoms with Crippen LogP contribution >= 0.6 is 12.4 Å². The zero-order valence-electron chi connectivity index (χ0n) is 18.9. The molecular weight excluding hydrogens is 404 g/mol. The van der Waals surface area contributed by atoms with Crippen molar-refractivity contribution >= 4 is 30.0 Å². The van der Waals surface area contributed by atoms with Crippen LogP contribution in [0.3, 0.4) is 0 Å². The Morgan fingerprint density at radius 2 is 1.47 bits per heavy atom. The summed E-state index contributed by atoms with van der Waals surface area (Å²) < 4.78 is 5.18. The number of rotatable bonds is 13. The molecule has 0 rings (SSSR count). The number of amidine groups is 2. The molecule has 0 fully saturated rings. The van der Waals surface area contributed by atoms with E-state index in [9.17, 15) is 4.79 Å². The van der Waals surface area contributed by atoms with Crippen molar-refractivity contribution in [3.05, 3.63) is 25.3 Å². The highest BCUT2D eigenvalue weighted by Gasteiger charge is 2.21. The topological polar surface area (TPSA) is 155 Å². The van der Waals surface area contributed by atoms with Crippen molar-refractivity contribution < 1.29 is 9.53 Å². The van der Waals surface area contributed by atoms with Gasteiger partial charge < -0.3 is 27.7 Å². The molecule has 8 N–H and O–H groups in total. The van der Waals surface area contributed by atoms with E-state index in [4.69, 9.17) is 27.7 Å². The van der Waals surface area contributed by atoms with Gasteiger partial charge in [-0.1, -0.05) is 12.2 Å². The Balaban J connectivity index is -0.000000525. The van der Waals surface area contributed by atoms with Gasteiger partial charge in [-0.05, 0) is 53.0 Å². The fraction of sp³-hybridized carbons (Fsp3) is 0.667. The molecule has 0 aliphatic heterocycles. The number of esters is 1. The van der Waals surface area contributed by atoms with Gasteiger partial charge >= 0.3 is 5.97 Å². The van der Waals surface area contributed by atoms with Crippen molar-refractivity contribution in [1.82, 2.24) is 0 Å². The first-order valence-electron chi connectivity index (χ1n) is 10.0. The Bertz CT molecular complexity index is 530. The Hall–Kier alpha value is -1.90. The molecule has 0 heterocycles. The third-order valence-corrected chi connectivity index (χ3v) is 3.33. The van der Waals surface area contributed by atoms with Crippen LogP contribution in [0.4, 0.5) is 0 Å². The Morgan fingerprint density at radius 3 is 1.87 bits per heavy atom. The smallest absolute Gasteiger partial charge is 0.323 e. The largest absolute Gasteiger partial charge is 0.459 e. The lowest BCUT2D eigenvalue weighted by Crippen LogP contribution is -2.37. The van der Waals surface area contributed by atoms with Gasteiger partial charge in [0, 0.05) is 25.9 Å². The first kappa shape index (κ1) is 32.8. The van der Waals surface area contributed by atoms with Gasteiger partial charge in [0.25, 0.3) is 0 Å². The van der Waals surface area contributed by atoms with Crippen molar-refractivity contribution in [2.45, 2.75) is 70.9 Å². The molecule has 30 heavy (non-hydrogen) atoms. The maximum absolute atomic E-state index is 11.6. The minimum absolute atomic E-state index is 0. The molecule has 0 aromatic carbocycles. The van der Waals surface area contributed by atoms with Crippen LogP contribution in [0.1, 0.15) is 59.3 Å². The molecule has 0 saturated carbocycles. The quantitative estimate of drug-likeness (QED) is 0.112. The van der Waals surface area contributed by atoms with Gasteiger partial charge in [0.2, 0.25) is 0 Å². The van der Waals surface area contributed by atoms with Crippen LogP contribution in [0.25, 0.3) is 0 Å². The number of carbonyl (C=O) groups is 1. The fourth-order valence-electron chi connectivity index (χ4n) is 1.93. The van der Waals surface area contributed by atoms with Crippen LogP contribution in [0.5, 0.6) is 0 Å². The second-order valence-corrected chi connectivity index (χ2v) is 7.51. The Morgan fingerprint density at radius 1 is 1.00 bits per heavy atom. The van der Waals surface area contributed by atoms with Gasteiger partial charge in [-0.3, -0.25) is 14.8 Å². The third-order valence-electron chi connectivity index (χ3n) is 3.33. The van der Waals surface area contributed by atoms with Gasteiger partial charge in [0.15, 0.2) is 0 Å². The summed E-state index contributed by atoms with van der Waals surface area (Å²) in [6.45, 7) is 14.7. The molecule has 0 saturated heterocycles. The maximum Gasteiger partial charge on any atom is 0.323 e. The number of nitrogens with two attached hydrogens (primary N) is 4. The van der Waals surface area contributed by atoms with E-state index < -0.39 is 11.6 Å². The molecule has 0 amide bonds.